The minimum absolute atomic E-state index is 0.418. The molecule has 2 aliphatic heterocycles. The summed E-state index contributed by atoms with van der Waals surface area (Å²) in [5.41, 5.74) is 5.61. The largest absolute Gasteiger partial charge is 0.481 e. The third-order valence-corrected chi connectivity index (χ3v) is 4.84. The number of amides is 2. The zero-order valence-corrected chi connectivity index (χ0v) is 14.6. The summed E-state index contributed by atoms with van der Waals surface area (Å²) in [6.45, 7) is 3.47. The van der Waals surface area contributed by atoms with Gasteiger partial charge in [0.15, 0.2) is 6.10 Å². The lowest BCUT2D eigenvalue weighted by Gasteiger charge is -2.24. The predicted molar refractivity (Wildman–Crippen MR) is 90.1 cm³/mol. The number of hydrazine groups is 1. The maximum Gasteiger partial charge on any atom is 0.310 e. The fraction of sp³-hybridized carbons (Fsp3) is 0.500. The molecule has 0 radical (unpaired) electrons. The molecule has 0 spiro atoms. The molecule has 26 heavy (non-hydrogen) atoms. The van der Waals surface area contributed by atoms with Crippen LogP contribution in [0.5, 0.6) is 5.75 Å². The Morgan fingerprint density at radius 2 is 1.88 bits per heavy atom. The van der Waals surface area contributed by atoms with Crippen molar-refractivity contribution in [3.8, 4) is 5.75 Å². The van der Waals surface area contributed by atoms with E-state index in [2.05, 4.69) is 10.9 Å². The lowest BCUT2D eigenvalue weighted by molar-refractivity contribution is -0.148. The Balaban J connectivity index is 1.54. The monoisotopic (exact) mass is 362 g/mol. The number of nitrogens with one attached hydrogen (secondary N) is 2. The van der Waals surface area contributed by atoms with E-state index in [1.807, 2.05) is 19.1 Å². The average molecular weight is 362 g/mol. The van der Waals surface area contributed by atoms with Gasteiger partial charge in [-0.15, -0.1) is 0 Å². The molecule has 3 N–H and O–H groups in total. The quantitative estimate of drug-likeness (QED) is 0.667. The van der Waals surface area contributed by atoms with Crippen molar-refractivity contribution >= 4 is 17.8 Å². The van der Waals surface area contributed by atoms with Crippen molar-refractivity contribution in [2.24, 2.45) is 11.8 Å². The second kappa shape index (κ2) is 7.33. The maximum absolute atomic E-state index is 12.4. The summed E-state index contributed by atoms with van der Waals surface area (Å²) in [6, 6.07) is 7.26. The molecule has 2 saturated heterocycles. The van der Waals surface area contributed by atoms with Crippen molar-refractivity contribution < 1.29 is 29.0 Å². The number of fused-ring (bicyclic) bond motifs is 2. The van der Waals surface area contributed by atoms with Gasteiger partial charge in [0.05, 0.1) is 24.0 Å². The summed E-state index contributed by atoms with van der Waals surface area (Å²) in [4.78, 5) is 35.9. The molecule has 1 aromatic carbocycles. The van der Waals surface area contributed by atoms with Crippen molar-refractivity contribution in [2.45, 2.75) is 45.0 Å². The van der Waals surface area contributed by atoms with E-state index in [-0.39, 0.29) is 0 Å². The van der Waals surface area contributed by atoms with E-state index in [9.17, 15) is 19.5 Å². The molecule has 1 aromatic rings. The van der Waals surface area contributed by atoms with Crippen LogP contribution in [0.1, 0.15) is 25.3 Å². The molecule has 2 amide bonds. The van der Waals surface area contributed by atoms with Gasteiger partial charge in [-0.2, -0.15) is 0 Å². The lowest BCUT2D eigenvalue weighted by Crippen LogP contribution is -2.52. The molecule has 0 saturated carbocycles. The van der Waals surface area contributed by atoms with Gasteiger partial charge in [-0.1, -0.05) is 12.1 Å². The highest BCUT2D eigenvalue weighted by Gasteiger charge is 2.55. The standard InChI is InChI=1S/C18H22N2O6/c1-9-4-3-5-11(8-9)25-10(2)16(21)19-20-17(22)14-12-6-7-13(26-12)15(14)18(23)24/h3-5,8,10,12-15H,6-7H2,1-2H3,(H,19,21)(H,20,22)(H,23,24)/t10-,12+,13+,14+,15+/m1/s1. The van der Waals surface area contributed by atoms with Crippen LogP contribution in [0.3, 0.4) is 0 Å². The Morgan fingerprint density at radius 1 is 1.19 bits per heavy atom. The van der Waals surface area contributed by atoms with E-state index < -0.39 is 47.9 Å². The van der Waals surface area contributed by atoms with Gasteiger partial charge >= 0.3 is 5.97 Å². The Morgan fingerprint density at radius 3 is 2.54 bits per heavy atom. The summed E-state index contributed by atoms with van der Waals surface area (Å²) in [5, 5.41) is 9.34. The summed E-state index contributed by atoms with van der Waals surface area (Å²) in [5.74, 6) is -3.28. The van der Waals surface area contributed by atoms with Crippen LogP contribution in [0.25, 0.3) is 0 Å². The normalized spacial score (nSPS) is 27.6. The molecule has 5 atom stereocenters. The van der Waals surface area contributed by atoms with Gasteiger partial charge in [-0.25, -0.2) is 0 Å². The van der Waals surface area contributed by atoms with Gasteiger partial charge in [0, 0.05) is 0 Å². The second-order valence-electron chi connectivity index (χ2n) is 6.74. The van der Waals surface area contributed by atoms with E-state index in [1.165, 1.54) is 0 Å². The van der Waals surface area contributed by atoms with Crippen molar-refractivity contribution in [2.75, 3.05) is 0 Å². The summed E-state index contributed by atoms with van der Waals surface area (Å²) < 4.78 is 11.1. The highest BCUT2D eigenvalue weighted by Crippen LogP contribution is 2.43. The molecule has 2 heterocycles. The highest BCUT2D eigenvalue weighted by molar-refractivity contribution is 5.89. The first-order valence-electron chi connectivity index (χ1n) is 8.58. The van der Waals surface area contributed by atoms with Gasteiger partial charge in [0.25, 0.3) is 5.91 Å². The molecular formula is C18H22N2O6. The number of aliphatic carboxylic acids is 1. The number of hydrogen-bond donors (Lipinski definition) is 3. The zero-order chi connectivity index (χ0) is 18.8. The minimum Gasteiger partial charge on any atom is -0.481 e. The van der Waals surface area contributed by atoms with Crippen LogP contribution >= 0.6 is 0 Å². The van der Waals surface area contributed by atoms with E-state index >= 15 is 0 Å². The summed E-state index contributed by atoms with van der Waals surface area (Å²) in [7, 11) is 0. The molecule has 3 rings (SSSR count). The first-order chi connectivity index (χ1) is 12.4. The number of aryl methyl sites for hydroxylation is 1. The molecule has 8 heteroatoms. The van der Waals surface area contributed by atoms with Gasteiger partial charge in [-0.05, 0) is 44.4 Å². The fourth-order valence-electron chi connectivity index (χ4n) is 3.58. The van der Waals surface area contributed by atoms with Crippen LogP contribution in [-0.4, -0.2) is 41.2 Å². The van der Waals surface area contributed by atoms with Gasteiger partial charge < -0.3 is 14.6 Å². The third-order valence-electron chi connectivity index (χ3n) is 4.84. The lowest BCUT2D eigenvalue weighted by atomic mass is 9.79. The molecule has 2 fully saturated rings. The topological polar surface area (TPSA) is 114 Å². The summed E-state index contributed by atoms with van der Waals surface area (Å²) in [6.07, 6.45) is -0.401. The molecular weight excluding hydrogens is 340 g/mol. The molecule has 0 unspecified atom stereocenters. The van der Waals surface area contributed by atoms with Crippen molar-refractivity contribution in [3.63, 3.8) is 0 Å². The van der Waals surface area contributed by atoms with Crippen LogP contribution in [0.15, 0.2) is 24.3 Å². The Kier molecular flexibility index (Phi) is 5.13. The third kappa shape index (κ3) is 3.65. The highest BCUT2D eigenvalue weighted by atomic mass is 16.5. The van der Waals surface area contributed by atoms with Crippen LogP contribution in [0.4, 0.5) is 0 Å². The summed E-state index contributed by atoms with van der Waals surface area (Å²) >= 11 is 0. The first kappa shape index (κ1) is 18.2. The molecule has 2 aliphatic rings. The van der Waals surface area contributed by atoms with Gasteiger partial charge in [0.2, 0.25) is 5.91 Å². The van der Waals surface area contributed by atoms with Crippen molar-refractivity contribution in [1.29, 1.82) is 0 Å². The first-order valence-corrected chi connectivity index (χ1v) is 8.58. The maximum atomic E-state index is 12.4. The number of ether oxygens (including phenoxy) is 2. The Hall–Kier alpha value is -2.61. The smallest absolute Gasteiger partial charge is 0.310 e. The number of benzene rings is 1. The van der Waals surface area contributed by atoms with Crippen molar-refractivity contribution in [1.82, 2.24) is 10.9 Å². The van der Waals surface area contributed by atoms with E-state index in [4.69, 9.17) is 9.47 Å². The minimum atomic E-state index is -1.06. The number of carbonyl (C=O) groups excluding carboxylic acids is 2. The van der Waals surface area contributed by atoms with Crippen LogP contribution in [0.2, 0.25) is 0 Å². The molecule has 0 aromatic heterocycles. The second-order valence-corrected chi connectivity index (χ2v) is 6.74. The van der Waals surface area contributed by atoms with Gasteiger partial charge in [-0.3, -0.25) is 25.2 Å². The van der Waals surface area contributed by atoms with E-state index in [0.717, 1.165) is 5.56 Å². The number of carboxylic acid groups (broad SMARTS) is 1. The van der Waals surface area contributed by atoms with E-state index in [0.29, 0.717) is 18.6 Å². The van der Waals surface area contributed by atoms with E-state index in [1.54, 1.807) is 19.1 Å². The Bertz CT molecular complexity index is 721. The number of carboxylic acids is 1. The van der Waals surface area contributed by atoms with Crippen molar-refractivity contribution in [3.05, 3.63) is 29.8 Å². The molecule has 2 bridgehead atoms. The molecule has 8 nitrogen and oxygen atoms in total. The van der Waals surface area contributed by atoms with Gasteiger partial charge in [0.1, 0.15) is 5.75 Å². The Labute approximate surface area is 150 Å². The number of hydrogen-bond acceptors (Lipinski definition) is 5. The van der Waals surface area contributed by atoms with Crippen LogP contribution < -0.4 is 15.6 Å². The van der Waals surface area contributed by atoms with Crippen LogP contribution in [0, 0.1) is 18.8 Å². The zero-order valence-electron chi connectivity index (χ0n) is 14.6. The SMILES string of the molecule is Cc1cccc(O[C@H](C)C(=O)NNC(=O)[C@@H]2[C@@H](C(=O)O)[C@@H]3CC[C@@H]2O3)c1. The number of carbonyl (C=O) groups is 3. The predicted octanol–water partition coefficient (Wildman–Crippen LogP) is 0.788. The molecule has 140 valence electrons. The fourth-order valence-corrected chi connectivity index (χ4v) is 3.58. The van der Waals surface area contributed by atoms with Crippen LogP contribution in [-0.2, 0) is 19.1 Å². The molecule has 0 aliphatic carbocycles. The average Bonchev–Trinajstić information content (AvgIpc) is 3.20. The number of rotatable bonds is 5.